The first-order chi connectivity index (χ1) is 14.8. The molecule has 1 N–H and O–H groups in total. The van der Waals surface area contributed by atoms with Gasteiger partial charge in [-0.3, -0.25) is 0 Å². The number of hydrogen-bond acceptors (Lipinski definition) is 8. The van der Waals surface area contributed by atoms with Crippen LogP contribution in [0, 0.1) is 0 Å². The van der Waals surface area contributed by atoms with Crippen molar-refractivity contribution in [3.63, 3.8) is 0 Å². The Morgan fingerprint density at radius 2 is 2.06 bits per heavy atom. The number of aromatic nitrogens is 4. The molecule has 2 aromatic heterocycles. The highest BCUT2D eigenvalue weighted by Crippen LogP contribution is 2.28. The van der Waals surface area contributed by atoms with Crippen LogP contribution in [0.25, 0.3) is 4.96 Å². The molecule has 0 saturated heterocycles. The molecule has 0 aliphatic rings. The molecule has 0 fully saturated rings. The molecule has 10 heteroatoms. The number of alkyl carbamates (subject to hydrolysis) is 1. The van der Waals surface area contributed by atoms with E-state index in [1.165, 1.54) is 5.56 Å². The van der Waals surface area contributed by atoms with E-state index in [1.54, 1.807) is 30.2 Å². The minimum absolute atomic E-state index is 0.367. The van der Waals surface area contributed by atoms with Crippen molar-refractivity contribution in [3.05, 3.63) is 35.7 Å². The SMILES string of the molecule is COc1cccc(CSc2nn3c(CCCCCNC(=O)OC(C)(C)C)nnc3s2)c1. The summed E-state index contributed by atoms with van der Waals surface area (Å²) in [5.41, 5.74) is 0.720. The Morgan fingerprint density at radius 3 is 2.84 bits per heavy atom. The average molecular weight is 464 g/mol. The van der Waals surface area contributed by atoms with Crippen molar-refractivity contribution < 1.29 is 14.3 Å². The van der Waals surface area contributed by atoms with Crippen molar-refractivity contribution >= 4 is 34.2 Å². The number of thioether (sulfide) groups is 1. The van der Waals surface area contributed by atoms with Gasteiger partial charge in [0.05, 0.1) is 7.11 Å². The Labute approximate surface area is 190 Å². The highest BCUT2D eigenvalue weighted by molar-refractivity contribution is 8.00. The number of rotatable bonds is 10. The number of hydrogen-bond donors (Lipinski definition) is 1. The Hall–Kier alpha value is -2.33. The molecule has 1 amide bonds. The molecule has 31 heavy (non-hydrogen) atoms. The summed E-state index contributed by atoms with van der Waals surface area (Å²) < 4.78 is 13.3. The topological polar surface area (TPSA) is 90.6 Å². The molecular formula is C21H29N5O3S2. The molecule has 0 bridgehead atoms. The number of benzene rings is 1. The fraction of sp³-hybridized carbons (Fsp3) is 0.524. The lowest BCUT2D eigenvalue weighted by atomic mass is 10.2. The quantitative estimate of drug-likeness (QED) is 0.343. The summed E-state index contributed by atoms with van der Waals surface area (Å²) >= 11 is 3.24. The van der Waals surface area contributed by atoms with Gasteiger partial charge >= 0.3 is 6.09 Å². The number of carbonyl (C=O) groups excluding carboxylic acids is 1. The molecule has 2 heterocycles. The molecule has 0 aliphatic carbocycles. The zero-order chi connectivity index (χ0) is 22.3. The van der Waals surface area contributed by atoms with E-state index in [4.69, 9.17) is 9.47 Å². The smallest absolute Gasteiger partial charge is 0.407 e. The van der Waals surface area contributed by atoms with Gasteiger partial charge in [0.15, 0.2) is 10.2 Å². The Kier molecular flexibility index (Phi) is 8.14. The molecule has 3 aromatic rings. The van der Waals surface area contributed by atoms with Crippen molar-refractivity contribution in [2.75, 3.05) is 13.7 Å². The van der Waals surface area contributed by atoms with Crippen LogP contribution in [0.15, 0.2) is 28.6 Å². The molecular weight excluding hydrogens is 434 g/mol. The van der Waals surface area contributed by atoms with E-state index in [2.05, 4.69) is 26.7 Å². The van der Waals surface area contributed by atoms with Crippen molar-refractivity contribution in [1.29, 1.82) is 0 Å². The molecule has 0 radical (unpaired) electrons. The first-order valence-electron chi connectivity index (χ1n) is 10.3. The predicted octanol–water partition coefficient (Wildman–Crippen LogP) is 4.72. The number of nitrogens with zero attached hydrogens (tertiary/aromatic N) is 4. The van der Waals surface area contributed by atoms with E-state index in [0.717, 1.165) is 52.3 Å². The van der Waals surface area contributed by atoms with Crippen molar-refractivity contribution in [3.8, 4) is 5.75 Å². The third-order valence-corrected chi connectivity index (χ3v) is 6.38. The molecule has 0 aliphatic heterocycles. The van der Waals surface area contributed by atoms with Crippen LogP contribution in [-0.2, 0) is 16.9 Å². The van der Waals surface area contributed by atoms with E-state index < -0.39 is 5.60 Å². The third-order valence-electron chi connectivity index (χ3n) is 4.28. The number of aryl methyl sites for hydroxylation is 1. The van der Waals surface area contributed by atoms with Gasteiger partial charge in [-0.25, -0.2) is 4.79 Å². The van der Waals surface area contributed by atoms with Gasteiger partial charge in [-0.1, -0.05) is 41.7 Å². The average Bonchev–Trinajstić information content (AvgIpc) is 3.29. The number of unbranched alkanes of at least 4 members (excludes halogenated alkanes) is 2. The first-order valence-corrected chi connectivity index (χ1v) is 12.1. The van der Waals surface area contributed by atoms with Gasteiger partial charge in [-0.05, 0) is 51.3 Å². The second-order valence-corrected chi connectivity index (χ2v) is 10.2. The standard InChI is InChI=1S/C21H29N5O3S2/c1-21(2,3)29-19(27)22-12-7-5-6-11-17-23-24-18-26(17)25-20(31-18)30-14-15-9-8-10-16(13-15)28-4/h8-10,13H,5-7,11-12,14H2,1-4H3,(H,22,27). The minimum Gasteiger partial charge on any atom is -0.497 e. The van der Waals surface area contributed by atoms with Gasteiger partial charge in [0, 0.05) is 18.7 Å². The summed E-state index contributed by atoms with van der Waals surface area (Å²) in [5.74, 6) is 2.56. The van der Waals surface area contributed by atoms with E-state index in [1.807, 2.05) is 43.5 Å². The van der Waals surface area contributed by atoms with Gasteiger partial charge < -0.3 is 14.8 Å². The second kappa shape index (κ2) is 10.8. The van der Waals surface area contributed by atoms with Crippen molar-refractivity contribution in [2.45, 2.75) is 62.1 Å². The van der Waals surface area contributed by atoms with E-state index in [0.29, 0.717) is 6.54 Å². The summed E-state index contributed by atoms with van der Waals surface area (Å²) in [5, 5.41) is 16.0. The number of ether oxygens (including phenoxy) is 2. The number of methoxy groups -OCH3 is 1. The largest absolute Gasteiger partial charge is 0.497 e. The maximum atomic E-state index is 11.6. The second-order valence-electron chi connectivity index (χ2n) is 8.06. The van der Waals surface area contributed by atoms with Crippen molar-refractivity contribution in [2.24, 2.45) is 0 Å². The van der Waals surface area contributed by atoms with Gasteiger partial charge in [0.2, 0.25) is 4.96 Å². The van der Waals surface area contributed by atoms with Gasteiger partial charge in [-0.15, -0.1) is 15.3 Å². The molecule has 1 aromatic carbocycles. The summed E-state index contributed by atoms with van der Waals surface area (Å²) in [6, 6.07) is 8.06. The number of carbonyl (C=O) groups is 1. The lowest BCUT2D eigenvalue weighted by Crippen LogP contribution is -2.32. The van der Waals surface area contributed by atoms with Crippen molar-refractivity contribution in [1.82, 2.24) is 25.1 Å². The summed E-state index contributed by atoms with van der Waals surface area (Å²) in [7, 11) is 1.67. The minimum atomic E-state index is -0.470. The molecule has 3 rings (SSSR count). The van der Waals surface area contributed by atoms with Gasteiger partial charge in [0.25, 0.3) is 0 Å². The number of fused-ring (bicyclic) bond motifs is 1. The van der Waals surface area contributed by atoms with Crippen LogP contribution in [0.3, 0.4) is 0 Å². The van der Waals surface area contributed by atoms with Gasteiger partial charge in [-0.2, -0.15) is 4.52 Å². The fourth-order valence-electron chi connectivity index (χ4n) is 2.85. The number of amides is 1. The van der Waals surface area contributed by atoms with Crippen LogP contribution < -0.4 is 10.1 Å². The van der Waals surface area contributed by atoms with E-state index >= 15 is 0 Å². The van der Waals surface area contributed by atoms with Gasteiger partial charge in [0.1, 0.15) is 11.4 Å². The first kappa shape index (κ1) is 23.3. The summed E-state index contributed by atoms with van der Waals surface area (Å²) in [4.78, 5) is 12.4. The summed E-state index contributed by atoms with van der Waals surface area (Å²) in [6.07, 6.45) is 3.26. The molecule has 168 valence electrons. The maximum Gasteiger partial charge on any atom is 0.407 e. The van der Waals surface area contributed by atoms with Crippen LogP contribution >= 0.6 is 23.1 Å². The fourth-order valence-corrected chi connectivity index (χ4v) is 4.69. The molecule has 0 saturated carbocycles. The molecule has 0 atom stereocenters. The van der Waals surface area contributed by atoms with Crippen LogP contribution in [0.4, 0.5) is 4.79 Å². The molecule has 8 nitrogen and oxygen atoms in total. The Morgan fingerprint density at radius 1 is 1.23 bits per heavy atom. The van der Waals surface area contributed by atoms with Crippen LogP contribution in [0.1, 0.15) is 51.4 Å². The van der Waals surface area contributed by atoms with Crippen LogP contribution in [0.2, 0.25) is 0 Å². The normalized spacial score (nSPS) is 11.6. The molecule has 0 unspecified atom stereocenters. The molecule has 0 spiro atoms. The zero-order valence-electron chi connectivity index (χ0n) is 18.4. The van der Waals surface area contributed by atoms with Crippen LogP contribution in [0.5, 0.6) is 5.75 Å². The zero-order valence-corrected chi connectivity index (χ0v) is 20.0. The summed E-state index contributed by atoms with van der Waals surface area (Å²) in [6.45, 7) is 6.17. The lowest BCUT2D eigenvalue weighted by Gasteiger charge is -2.19. The Balaban J connectivity index is 1.42. The third kappa shape index (κ3) is 7.39. The predicted molar refractivity (Wildman–Crippen MR) is 123 cm³/mol. The monoisotopic (exact) mass is 463 g/mol. The highest BCUT2D eigenvalue weighted by Gasteiger charge is 2.15. The maximum absolute atomic E-state index is 11.6. The lowest BCUT2D eigenvalue weighted by molar-refractivity contribution is 0.0527. The van der Waals surface area contributed by atoms with E-state index in [-0.39, 0.29) is 6.09 Å². The van der Waals surface area contributed by atoms with E-state index in [9.17, 15) is 4.79 Å². The number of nitrogens with one attached hydrogen (secondary N) is 1. The Bertz CT molecular complexity index is 996. The van der Waals surface area contributed by atoms with Crippen LogP contribution in [-0.4, -0.2) is 45.2 Å². The highest BCUT2D eigenvalue weighted by atomic mass is 32.2.